The average molecular weight is 509 g/mol. The third-order valence-electron chi connectivity index (χ3n) is 6.57. The standard InChI is InChI=1S/C31H32N4O3/c1-21(25-15-18-27(32)33-20-25)29(31(37)34-19-22-13-16-26(38-2)17-14-22)35-30(36)28(23-9-5-3-6-10-23)24-11-7-4-8-12-24/h3-18,20-21,28-29H,19H2,1-2H3,(H2,32,33)(H,34,37)(H,35,36). The van der Waals surface area contributed by atoms with Gasteiger partial charge in [0, 0.05) is 18.7 Å². The molecule has 3 aromatic carbocycles. The molecule has 2 unspecified atom stereocenters. The predicted molar refractivity (Wildman–Crippen MR) is 149 cm³/mol. The summed E-state index contributed by atoms with van der Waals surface area (Å²) in [5, 5.41) is 6.03. The second kappa shape index (κ2) is 12.5. The van der Waals surface area contributed by atoms with Gasteiger partial charge in [-0.15, -0.1) is 0 Å². The minimum absolute atomic E-state index is 0.262. The van der Waals surface area contributed by atoms with E-state index in [4.69, 9.17) is 10.5 Å². The minimum Gasteiger partial charge on any atom is -0.497 e. The molecule has 4 N–H and O–H groups in total. The maximum absolute atomic E-state index is 13.9. The third kappa shape index (κ3) is 6.56. The Morgan fingerprint density at radius 1 is 0.816 bits per heavy atom. The van der Waals surface area contributed by atoms with Crippen LogP contribution < -0.4 is 21.1 Å². The van der Waals surface area contributed by atoms with Crippen molar-refractivity contribution in [1.29, 1.82) is 0 Å². The van der Waals surface area contributed by atoms with Crippen molar-refractivity contribution in [2.24, 2.45) is 0 Å². The number of carbonyl (C=O) groups excluding carboxylic acids is 2. The number of pyridine rings is 1. The Kier molecular flexibility index (Phi) is 8.72. The van der Waals surface area contributed by atoms with Crippen LogP contribution in [0.3, 0.4) is 0 Å². The summed E-state index contributed by atoms with van der Waals surface area (Å²) in [4.78, 5) is 31.6. The van der Waals surface area contributed by atoms with Crippen molar-refractivity contribution in [3.05, 3.63) is 126 Å². The molecule has 0 saturated carbocycles. The number of benzene rings is 3. The van der Waals surface area contributed by atoms with E-state index in [0.29, 0.717) is 12.4 Å². The number of methoxy groups -OCH3 is 1. The number of hydrogen-bond acceptors (Lipinski definition) is 5. The van der Waals surface area contributed by atoms with Crippen molar-refractivity contribution in [1.82, 2.24) is 15.6 Å². The van der Waals surface area contributed by atoms with E-state index in [1.54, 1.807) is 19.4 Å². The van der Waals surface area contributed by atoms with Crippen LogP contribution in [-0.2, 0) is 16.1 Å². The Morgan fingerprint density at radius 2 is 1.42 bits per heavy atom. The summed E-state index contributed by atoms with van der Waals surface area (Å²) in [5.41, 5.74) is 9.17. The number of rotatable bonds is 10. The molecule has 1 heterocycles. The summed E-state index contributed by atoms with van der Waals surface area (Å²) in [5.74, 6) is -0.372. The van der Waals surface area contributed by atoms with E-state index < -0.39 is 12.0 Å². The molecule has 0 aliphatic rings. The number of nitrogens with two attached hydrogens (primary N) is 1. The summed E-state index contributed by atoms with van der Waals surface area (Å²) < 4.78 is 5.21. The summed E-state index contributed by atoms with van der Waals surface area (Å²) in [6.45, 7) is 2.20. The number of nitrogens with one attached hydrogen (secondary N) is 2. The van der Waals surface area contributed by atoms with Gasteiger partial charge in [-0.2, -0.15) is 0 Å². The van der Waals surface area contributed by atoms with Crippen LogP contribution in [0.4, 0.5) is 5.82 Å². The second-order valence-corrected chi connectivity index (χ2v) is 9.11. The van der Waals surface area contributed by atoms with Gasteiger partial charge in [-0.25, -0.2) is 4.98 Å². The maximum Gasteiger partial charge on any atom is 0.243 e. The summed E-state index contributed by atoms with van der Waals surface area (Å²) >= 11 is 0. The number of aromatic nitrogens is 1. The molecule has 0 fully saturated rings. The zero-order valence-electron chi connectivity index (χ0n) is 21.5. The molecule has 38 heavy (non-hydrogen) atoms. The van der Waals surface area contributed by atoms with Gasteiger partial charge in [0.15, 0.2) is 0 Å². The molecule has 4 rings (SSSR count). The minimum atomic E-state index is -0.846. The topological polar surface area (TPSA) is 106 Å². The molecule has 7 nitrogen and oxygen atoms in total. The van der Waals surface area contributed by atoms with E-state index >= 15 is 0 Å². The van der Waals surface area contributed by atoms with Crippen LogP contribution in [-0.4, -0.2) is 29.9 Å². The van der Waals surface area contributed by atoms with Crippen LogP contribution in [0, 0.1) is 0 Å². The van der Waals surface area contributed by atoms with Crippen molar-refractivity contribution in [3.8, 4) is 5.75 Å². The van der Waals surface area contributed by atoms with Crippen LogP contribution in [0.2, 0.25) is 0 Å². The molecule has 194 valence electrons. The van der Waals surface area contributed by atoms with Gasteiger partial charge in [0.2, 0.25) is 11.8 Å². The van der Waals surface area contributed by atoms with Crippen LogP contribution >= 0.6 is 0 Å². The maximum atomic E-state index is 13.9. The number of carbonyl (C=O) groups is 2. The molecule has 2 amide bonds. The molecule has 0 spiro atoms. The fourth-order valence-corrected chi connectivity index (χ4v) is 4.36. The summed E-state index contributed by atoms with van der Waals surface area (Å²) in [6.07, 6.45) is 1.64. The Bertz CT molecular complexity index is 1290. The molecule has 0 aliphatic heterocycles. The zero-order chi connectivity index (χ0) is 26.9. The Labute approximate surface area is 223 Å². The Morgan fingerprint density at radius 3 is 1.95 bits per heavy atom. The van der Waals surface area contributed by atoms with Gasteiger partial charge in [-0.1, -0.05) is 85.8 Å². The Balaban J connectivity index is 1.60. The lowest BCUT2D eigenvalue weighted by Crippen LogP contribution is -2.50. The first kappa shape index (κ1) is 26.4. The van der Waals surface area contributed by atoms with Crippen molar-refractivity contribution in [3.63, 3.8) is 0 Å². The zero-order valence-corrected chi connectivity index (χ0v) is 21.5. The monoisotopic (exact) mass is 508 g/mol. The lowest BCUT2D eigenvalue weighted by Gasteiger charge is -2.27. The molecule has 0 bridgehead atoms. The number of ether oxygens (including phenoxy) is 1. The lowest BCUT2D eigenvalue weighted by atomic mass is 9.88. The quantitative estimate of drug-likeness (QED) is 0.294. The summed E-state index contributed by atoms with van der Waals surface area (Å²) in [6, 6.07) is 29.3. The second-order valence-electron chi connectivity index (χ2n) is 9.11. The number of anilines is 1. The molecule has 0 saturated heterocycles. The average Bonchev–Trinajstić information content (AvgIpc) is 2.96. The van der Waals surface area contributed by atoms with Gasteiger partial charge in [0.1, 0.15) is 17.6 Å². The van der Waals surface area contributed by atoms with Gasteiger partial charge in [0.05, 0.1) is 13.0 Å². The van der Waals surface area contributed by atoms with Gasteiger partial charge >= 0.3 is 0 Å². The van der Waals surface area contributed by atoms with E-state index in [9.17, 15) is 9.59 Å². The van der Waals surface area contributed by atoms with E-state index in [2.05, 4.69) is 15.6 Å². The van der Waals surface area contributed by atoms with Crippen molar-refractivity contribution < 1.29 is 14.3 Å². The van der Waals surface area contributed by atoms with Crippen molar-refractivity contribution >= 4 is 17.6 Å². The molecule has 4 aromatic rings. The molecule has 1 aromatic heterocycles. The fraction of sp³-hybridized carbons (Fsp3) is 0.194. The summed E-state index contributed by atoms with van der Waals surface area (Å²) in [7, 11) is 1.61. The molecule has 0 aliphatic carbocycles. The van der Waals surface area contributed by atoms with Gasteiger partial charge < -0.3 is 21.1 Å². The number of nitrogen functional groups attached to an aromatic ring is 1. The predicted octanol–water partition coefficient (Wildman–Crippen LogP) is 4.41. The highest BCUT2D eigenvalue weighted by Gasteiger charge is 2.32. The highest BCUT2D eigenvalue weighted by molar-refractivity contribution is 5.93. The first-order valence-electron chi connectivity index (χ1n) is 12.5. The molecule has 0 radical (unpaired) electrons. The van der Waals surface area contributed by atoms with E-state index in [-0.39, 0.29) is 17.7 Å². The van der Waals surface area contributed by atoms with Crippen LogP contribution in [0.25, 0.3) is 0 Å². The van der Waals surface area contributed by atoms with E-state index in [1.165, 1.54) is 0 Å². The van der Waals surface area contributed by atoms with Gasteiger partial charge in [-0.05, 0) is 40.5 Å². The van der Waals surface area contributed by atoms with Crippen LogP contribution in [0.15, 0.2) is 103 Å². The smallest absolute Gasteiger partial charge is 0.243 e. The number of hydrogen-bond donors (Lipinski definition) is 3. The third-order valence-corrected chi connectivity index (χ3v) is 6.57. The molecule has 2 atom stereocenters. The fourth-order valence-electron chi connectivity index (χ4n) is 4.36. The van der Waals surface area contributed by atoms with E-state index in [0.717, 1.165) is 28.0 Å². The normalized spacial score (nSPS) is 12.4. The molecular weight excluding hydrogens is 476 g/mol. The van der Waals surface area contributed by atoms with Crippen LogP contribution in [0.1, 0.15) is 41.0 Å². The van der Waals surface area contributed by atoms with Crippen LogP contribution in [0.5, 0.6) is 5.75 Å². The highest BCUT2D eigenvalue weighted by Crippen LogP contribution is 2.27. The Hall–Kier alpha value is -4.65. The van der Waals surface area contributed by atoms with E-state index in [1.807, 2.05) is 97.9 Å². The van der Waals surface area contributed by atoms with Crippen molar-refractivity contribution in [2.45, 2.75) is 31.3 Å². The first-order chi connectivity index (χ1) is 18.5. The number of amides is 2. The van der Waals surface area contributed by atoms with Crippen molar-refractivity contribution in [2.75, 3.05) is 12.8 Å². The SMILES string of the molecule is COc1ccc(CNC(=O)C(NC(=O)C(c2ccccc2)c2ccccc2)C(C)c2ccc(N)nc2)cc1. The van der Waals surface area contributed by atoms with Gasteiger partial charge in [0.25, 0.3) is 0 Å². The molecular formula is C31H32N4O3. The highest BCUT2D eigenvalue weighted by atomic mass is 16.5. The molecule has 7 heteroatoms. The lowest BCUT2D eigenvalue weighted by molar-refractivity contribution is -0.129. The largest absolute Gasteiger partial charge is 0.497 e. The number of nitrogens with zero attached hydrogens (tertiary/aromatic N) is 1. The van der Waals surface area contributed by atoms with Gasteiger partial charge in [-0.3, -0.25) is 9.59 Å². The first-order valence-corrected chi connectivity index (χ1v) is 12.5.